The summed E-state index contributed by atoms with van der Waals surface area (Å²) in [6.45, 7) is 5.50. The van der Waals surface area contributed by atoms with Gasteiger partial charge in [-0.25, -0.2) is 4.98 Å². The first kappa shape index (κ1) is 13.4. The van der Waals surface area contributed by atoms with Crippen LogP contribution in [0.2, 0.25) is 0 Å². The number of pyridine rings is 1. The van der Waals surface area contributed by atoms with Gasteiger partial charge in [0.05, 0.1) is 0 Å². The lowest BCUT2D eigenvalue weighted by atomic mass is 9.95. The Hall–Kier alpha value is -1.61. The normalized spacial score (nSPS) is 16.4. The number of benzene rings is 1. The summed E-state index contributed by atoms with van der Waals surface area (Å²) in [6, 6.07) is 8.63. The minimum Gasteiger partial charge on any atom is -0.370 e. The average molecular weight is 269 g/mol. The Kier molecular flexibility index (Phi) is 4.16. The smallest absolute Gasteiger partial charge is 0.133 e. The molecule has 0 saturated carbocycles. The fraction of sp³-hybridized carbons (Fsp3) is 0.471. The zero-order chi connectivity index (χ0) is 13.8. The van der Waals surface area contributed by atoms with E-state index in [4.69, 9.17) is 0 Å². The number of aryl methyl sites for hydroxylation is 1. The van der Waals surface area contributed by atoms with Crippen molar-refractivity contribution in [3.8, 4) is 0 Å². The van der Waals surface area contributed by atoms with E-state index in [0.717, 1.165) is 18.3 Å². The van der Waals surface area contributed by atoms with E-state index in [0.29, 0.717) is 0 Å². The second-order valence-corrected chi connectivity index (χ2v) is 5.79. The minimum atomic E-state index is 0.862. The van der Waals surface area contributed by atoms with E-state index >= 15 is 0 Å². The van der Waals surface area contributed by atoms with Crippen LogP contribution in [0.5, 0.6) is 0 Å². The van der Waals surface area contributed by atoms with Gasteiger partial charge >= 0.3 is 0 Å². The summed E-state index contributed by atoms with van der Waals surface area (Å²) in [5.41, 5.74) is 1.30. The van der Waals surface area contributed by atoms with E-state index in [1.165, 1.54) is 48.7 Å². The molecular formula is C17H23N3. The molecule has 0 spiro atoms. The van der Waals surface area contributed by atoms with E-state index in [2.05, 4.69) is 46.8 Å². The molecule has 1 saturated heterocycles. The van der Waals surface area contributed by atoms with Gasteiger partial charge in [-0.3, -0.25) is 0 Å². The number of piperidine rings is 1. The van der Waals surface area contributed by atoms with Gasteiger partial charge in [-0.2, -0.15) is 0 Å². The summed E-state index contributed by atoms with van der Waals surface area (Å²) >= 11 is 0. The molecule has 3 rings (SSSR count). The third-order valence-electron chi connectivity index (χ3n) is 4.22. The predicted octanol–water partition coefficient (Wildman–Crippen LogP) is 3.34. The fourth-order valence-electron chi connectivity index (χ4n) is 3.00. The van der Waals surface area contributed by atoms with E-state index in [1.54, 1.807) is 0 Å². The first-order valence-electron chi connectivity index (χ1n) is 7.63. The van der Waals surface area contributed by atoms with Crippen molar-refractivity contribution in [3.05, 3.63) is 36.0 Å². The molecule has 0 radical (unpaired) electrons. The van der Waals surface area contributed by atoms with Crippen molar-refractivity contribution in [3.63, 3.8) is 0 Å². The number of anilines is 1. The van der Waals surface area contributed by atoms with Crippen LogP contribution >= 0.6 is 0 Å². The minimum absolute atomic E-state index is 0.862. The summed E-state index contributed by atoms with van der Waals surface area (Å²) < 4.78 is 0. The highest BCUT2D eigenvalue weighted by molar-refractivity contribution is 5.92. The molecule has 2 aromatic rings. The van der Waals surface area contributed by atoms with E-state index < -0.39 is 0 Å². The topological polar surface area (TPSA) is 37.0 Å². The van der Waals surface area contributed by atoms with E-state index in [-0.39, 0.29) is 0 Å². The molecule has 0 unspecified atom stereocenters. The number of hydrogen-bond acceptors (Lipinski definition) is 3. The molecule has 20 heavy (non-hydrogen) atoms. The molecule has 106 valence electrons. The number of hydrogen-bond donors (Lipinski definition) is 2. The van der Waals surface area contributed by atoms with E-state index in [9.17, 15) is 0 Å². The van der Waals surface area contributed by atoms with Gasteiger partial charge in [0.15, 0.2) is 0 Å². The first-order valence-corrected chi connectivity index (χ1v) is 7.63. The second kappa shape index (κ2) is 6.23. The molecule has 1 aromatic heterocycles. The maximum absolute atomic E-state index is 4.50. The summed E-state index contributed by atoms with van der Waals surface area (Å²) in [5.74, 6) is 1.89. The molecule has 3 heteroatoms. The third-order valence-corrected chi connectivity index (χ3v) is 4.22. The van der Waals surface area contributed by atoms with Gasteiger partial charge in [-0.15, -0.1) is 0 Å². The lowest BCUT2D eigenvalue weighted by molar-refractivity contribution is 0.361. The van der Waals surface area contributed by atoms with Crippen molar-refractivity contribution in [2.75, 3.05) is 25.0 Å². The maximum atomic E-state index is 4.50. The third kappa shape index (κ3) is 3.10. The Labute approximate surface area is 120 Å². The van der Waals surface area contributed by atoms with Crippen LogP contribution in [0.15, 0.2) is 30.5 Å². The van der Waals surface area contributed by atoms with Crippen molar-refractivity contribution < 1.29 is 0 Å². The first-order chi connectivity index (χ1) is 9.83. The van der Waals surface area contributed by atoms with Crippen molar-refractivity contribution in [2.45, 2.75) is 26.2 Å². The molecule has 2 N–H and O–H groups in total. The van der Waals surface area contributed by atoms with Crippen molar-refractivity contribution >= 4 is 16.6 Å². The largest absolute Gasteiger partial charge is 0.370 e. The van der Waals surface area contributed by atoms with Crippen LogP contribution in [0.1, 0.15) is 24.8 Å². The second-order valence-electron chi connectivity index (χ2n) is 5.79. The molecule has 0 amide bonds. The molecule has 2 heterocycles. The number of aromatic nitrogens is 1. The lowest BCUT2D eigenvalue weighted by Crippen LogP contribution is -2.28. The molecule has 1 aliphatic rings. The van der Waals surface area contributed by atoms with Crippen LogP contribution in [0.4, 0.5) is 5.82 Å². The average Bonchev–Trinajstić information content (AvgIpc) is 2.48. The Morgan fingerprint density at radius 3 is 2.95 bits per heavy atom. The van der Waals surface area contributed by atoms with Gasteiger partial charge in [0.2, 0.25) is 0 Å². The van der Waals surface area contributed by atoms with Crippen LogP contribution in [0, 0.1) is 12.8 Å². The van der Waals surface area contributed by atoms with Gasteiger partial charge in [0.25, 0.3) is 0 Å². The zero-order valence-electron chi connectivity index (χ0n) is 12.2. The monoisotopic (exact) mass is 269 g/mol. The quantitative estimate of drug-likeness (QED) is 0.894. The van der Waals surface area contributed by atoms with Gasteiger partial charge < -0.3 is 10.6 Å². The number of nitrogens with zero attached hydrogens (tertiary/aromatic N) is 1. The highest BCUT2D eigenvalue weighted by Gasteiger charge is 2.12. The van der Waals surface area contributed by atoms with Gasteiger partial charge in [-0.05, 0) is 56.6 Å². The van der Waals surface area contributed by atoms with Crippen LogP contribution in [0.3, 0.4) is 0 Å². The Morgan fingerprint density at radius 1 is 1.25 bits per heavy atom. The van der Waals surface area contributed by atoms with Crippen LogP contribution in [-0.4, -0.2) is 24.6 Å². The van der Waals surface area contributed by atoms with Crippen LogP contribution in [0.25, 0.3) is 10.8 Å². The van der Waals surface area contributed by atoms with Gasteiger partial charge in [0, 0.05) is 18.1 Å². The van der Waals surface area contributed by atoms with E-state index in [1.807, 2.05) is 6.20 Å². The predicted molar refractivity (Wildman–Crippen MR) is 85.2 cm³/mol. The number of nitrogens with one attached hydrogen (secondary N) is 2. The molecule has 3 nitrogen and oxygen atoms in total. The SMILES string of the molecule is Cc1ccc2c(NCCC3CCNCC3)nccc2c1. The number of fused-ring (bicyclic) bond motifs is 1. The molecular weight excluding hydrogens is 246 g/mol. The molecule has 1 aromatic carbocycles. The summed E-state index contributed by atoms with van der Waals surface area (Å²) in [5, 5.41) is 9.44. The standard InChI is InChI=1S/C17H23N3/c1-13-2-3-16-15(12-13)7-11-20-17(16)19-10-6-14-4-8-18-9-5-14/h2-3,7,11-12,14,18H,4-6,8-10H2,1H3,(H,19,20). The summed E-state index contributed by atoms with van der Waals surface area (Å²) in [4.78, 5) is 4.50. The highest BCUT2D eigenvalue weighted by atomic mass is 15.0. The summed E-state index contributed by atoms with van der Waals surface area (Å²) in [7, 11) is 0. The highest BCUT2D eigenvalue weighted by Crippen LogP contribution is 2.22. The molecule has 0 atom stereocenters. The molecule has 0 bridgehead atoms. The molecule has 1 aliphatic heterocycles. The van der Waals surface area contributed by atoms with Crippen molar-refractivity contribution in [2.24, 2.45) is 5.92 Å². The zero-order valence-corrected chi connectivity index (χ0v) is 12.2. The number of rotatable bonds is 4. The van der Waals surface area contributed by atoms with Crippen LogP contribution < -0.4 is 10.6 Å². The van der Waals surface area contributed by atoms with Crippen molar-refractivity contribution in [1.29, 1.82) is 0 Å². The molecule has 1 fully saturated rings. The Morgan fingerprint density at radius 2 is 2.10 bits per heavy atom. The van der Waals surface area contributed by atoms with Crippen LogP contribution in [-0.2, 0) is 0 Å². The Bertz CT molecular complexity index is 573. The fourth-order valence-corrected chi connectivity index (χ4v) is 3.00. The molecule has 0 aliphatic carbocycles. The van der Waals surface area contributed by atoms with Gasteiger partial charge in [0.1, 0.15) is 5.82 Å². The Balaban J connectivity index is 1.65. The summed E-state index contributed by atoms with van der Waals surface area (Å²) in [6.07, 6.45) is 5.76. The lowest BCUT2D eigenvalue weighted by Gasteiger charge is -2.22. The van der Waals surface area contributed by atoms with Crippen molar-refractivity contribution in [1.82, 2.24) is 10.3 Å². The van der Waals surface area contributed by atoms with Gasteiger partial charge in [-0.1, -0.05) is 23.8 Å². The maximum Gasteiger partial charge on any atom is 0.133 e.